The number of aliphatic hydroxyl groups is 1. The first-order valence-corrected chi connectivity index (χ1v) is 2.87. The van der Waals surface area contributed by atoms with Crippen molar-refractivity contribution in [1.29, 1.82) is 0 Å². The monoisotopic (exact) mass is 252 g/mol. The predicted octanol–water partition coefficient (Wildman–Crippen LogP) is -4.76. The third kappa shape index (κ3) is 598. The Labute approximate surface area is 70.2 Å². The normalized spacial score (nSPS) is 8.67. The van der Waals surface area contributed by atoms with Crippen molar-refractivity contribution < 1.29 is 56.4 Å². The van der Waals surface area contributed by atoms with Gasteiger partial charge < -0.3 is 5.11 Å². The Hall–Kier alpha value is 0.830. The van der Waals surface area contributed by atoms with Gasteiger partial charge in [0.2, 0.25) is 0 Å². The van der Waals surface area contributed by atoms with Crippen LogP contribution >= 0.6 is 0 Å². The van der Waals surface area contributed by atoms with E-state index in [1.54, 1.807) is 6.92 Å². The molecule has 0 bridgehead atoms. The smallest absolute Gasteiger partial charge is 0.397 e. The van der Waals surface area contributed by atoms with Gasteiger partial charge in [0.25, 0.3) is 0 Å². The topological polar surface area (TPSA) is 112 Å². The fourth-order valence-electron chi connectivity index (χ4n) is 0. The summed E-state index contributed by atoms with van der Waals surface area (Å²) in [7, 11) is -4.94. The largest absolute Gasteiger partial charge is 1.00 e. The van der Waals surface area contributed by atoms with E-state index in [4.69, 9.17) is 23.7 Å². The summed E-state index contributed by atoms with van der Waals surface area (Å²) in [5.41, 5.74) is 0. The Balaban J connectivity index is -0.0000000800. The summed E-state index contributed by atoms with van der Waals surface area (Å²) in [6.45, 7) is 1.93. The molecule has 0 unspecified atom stereocenters. The van der Waals surface area contributed by atoms with Gasteiger partial charge in [-0.2, -0.15) is 0 Å². The predicted molar refractivity (Wildman–Crippen MR) is 12.8 cm³/mol. The molecule has 0 rings (SSSR count). The zero-order valence-electron chi connectivity index (χ0n) is 4.47. The van der Waals surface area contributed by atoms with Crippen LogP contribution in [-0.2, 0) is 22.4 Å². The number of aliphatic hydroxyl groups excluding tert-OH is 1. The minimum Gasteiger partial charge on any atom is -0.397 e. The quantitative estimate of drug-likeness (QED) is 0.436. The molecule has 0 aliphatic rings. The third-order valence-electron chi connectivity index (χ3n) is 0. The summed E-state index contributed by atoms with van der Waals surface area (Å²) in [4.78, 5) is 0. The minimum atomic E-state index is -4.94. The maximum Gasteiger partial charge on any atom is 1.00 e. The van der Waals surface area contributed by atoms with Crippen LogP contribution in [0.25, 0.3) is 0 Å². The van der Waals surface area contributed by atoms with E-state index in [2.05, 4.69) is 0 Å². The number of hydrogen-bond donors (Lipinski definition) is 1. The molecule has 62 valence electrons. The molecule has 9 heavy (non-hydrogen) atoms. The van der Waals surface area contributed by atoms with E-state index in [1.807, 2.05) is 0 Å². The van der Waals surface area contributed by atoms with Crippen LogP contribution in [0, 0.1) is 10.2 Å². The van der Waals surface area contributed by atoms with Crippen LogP contribution in [0.3, 0.4) is 0 Å². The molecule has 0 radical (unpaired) electrons. The first-order chi connectivity index (χ1) is 3.41. The van der Waals surface area contributed by atoms with E-state index >= 15 is 0 Å². The Morgan fingerprint density at radius 2 is 1.22 bits per heavy atom. The fourth-order valence-corrected chi connectivity index (χ4v) is 0. The van der Waals surface area contributed by atoms with E-state index < -0.39 is 10.2 Å². The molecule has 0 aromatic carbocycles. The van der Waals surface area contributed by atoms with Crippen LogP contribution in [0.4, 0.5) is 0 Å². The maximum absolute atomic E-state index is 8.49. The van der Waals surface area contributed by atoms with Crippen molar-refractivity contribution in [2.45, 2.75) is 6.92 Å². The summed E-state index contributed by atoms with van der Waals surface area (Å²) < 4.78 is 34.0. The summed E-state index contributed by atoms with van der Waals surface area (Å²) >= 11 is 0. The van der Waals surface area contributed by atoms with Crippen molar-refractivity contribution in [1.82, 2.24) is 0 Å². The van der Waals surface area contributed by atoms with Gasteiger partial charge in [0.05, 0.1) is 0 Å². The molecule has 0 amide bonds. The van der Waals surface area contributed by atoms with Crippen molar-refractivity contribution in [2.75, 3.05) is 6.61 Å². The zero-order valence-corrected chi connectivity index (χ0v) is 6.70. The van der Waals surface area contributed by atoms with Crippen LogP contribution < -0.4 is 18.6 Å². The molecule has 0 aromatic heterocycles. The standard InChI is InChI=1S/C2H6O.Ag.ClHO4/c1-2-3;;2-1(3,4)5/h3H,2H2,1H3;;(H,2,3,4,5)/q;+1;/p-1. The Bertz CT molecular complexity index is 38.7. The van der Waals surface area contributed by atoms with Gasteiger partial charge in [-0.25, -0.2) is 18.6 Å². The van der Waals surface area contributed by atoms with Gasteiger partial charge in [-0.05, 0) is 6.92 Å². The molecule has 0 saturated carbocycles. The molecule has 7 heteroatoms. The number of hydrogen-bond acceptors (Lipinski definition) is 5. The van der Waals surface area contributed by atoms with Gasteiger partial charge in [-0.15, -0.1) is 10.2 Å². The maximum atomic E-state index is 8.49. The second-order valence-corrected chi connectivity index (χ2v) is 1.45. The SMILES string of the molecule is CCO.[Ag+].[O-][Cl+3]([O-])([O-])[O-]. The molecule has 0 spiro atoms. The molecule has 0 aliphatic carbocycles. The molecule has 0 fully saturated rings. The van der Waals surface area contributed by atoms with Gasteiger partial charge in [0.1, 0.15) is 0 Å². The van der Waals surface area contributed by atoms with E-state index in [1.165, 1.54) is 0 Å². The Morgan fingerprint density at radius 1 is 1.22 bits per heavy atom. The van der Waals surface area contributed by atoms with Crippen LogP contribution in [-0.4, -0.2) is 11.7 Å². The van der Waals surface area contributed by atoms with Crippen molar-refractivity contribution in [2.24, 2.45) is 0 Å². The van der Waals surface area contributed by atoms with Gasteiger partial charge in [-0.1, -0.05) is 0 Å². The molecule has 0 atom stereocenters. The molecule has 0 aromatic rings. The molecule has 0 aliphatic heterocycles. The fraction of sp³-hybridized carbons (Fsp3) is 1.00. The summed E-state index contributed by atoms with van der Waals surface area (Å²) in [5.74, 6) is 0. The Morgan fingerprint density at radius 3 is 1.22 bits per heavy atom. The van der Waals surface area contributed by atoms with Crippen LogP contribution in [0.15, 0.2) is 0 Å². The van der Waals surface area contributed by atoms with E-state index in [0.717, 1.165) is 0 Å². The summed E-state index contributed by atoms with van der Waals surface area (Å²) in [6.07, 6.45) is 0. The number of rotatable bonds is 0. The van der Waals surface area contributed by atoms with Gasteiger partial charge >= 0.3 is 22.4 Å². The Kier molecular flexibility index (Phi) is 16.1. The zero-order chi connectivity index (χ0) is 7.21. The van der Waals surface area contributed by atoms with Crippen LogP contribution in [0.2, 0.25) is 0 Å². The van der Waals surface area contributed by atoms with Crippen LogP contribution in [0.1, 0.15) is 6.92 Å². The van der Waals surface area contributed by atoms with E-state index in [0.29, 0.717) is 0 Å². The van der Waals surface area contributed by atoms with Crippen molar-refractivity contribution in [3.63, 3.8) is 0 Å². The molecule has 5 nitrogen and oxygen atoms in total. The second-order valence-electron chi connectivity index (χ2n) is 0.694. The average Bonchev–Trinajstić information content (AvgIpc) is 1.27. The van der Waals surface area contributed by atoms with Crippen molar-refractivity contribution >= 4 is 0 Å². The molecular formula is C2H6AgClO5. The first kappa shape index (κ1) is 16.4. The van der Waals surface area contributed by atoms with Crippen molar-refractivity contribution in [3.8, 4) is 0 Å². The first-order valence-electron chi connectivity index (χ1n) is 1.64. The van der Waals surface area contributed by atoms with Crippen molar-refractivity contribution in [3.05, 3.63) is 0 Å². The van der Waals surface area contributed by atoms with E-state index in [9.17, 15) is 0 Å². The molecule has 1 N–H and O–H groups in total. The summed E-state index contributed by atoms with van der Waals surface area (Å²) in [6, 6.07) is 0. The average molecular weight is 253 g/mol. The molecule has 0 heterocycles. The minimum absolute atomic E-state index is 0. The van der Waals surface area contributed by atoms with E-state index in [-0.39, 0.29) is 29.0 Å². The summed E-state index contributed by atoms with van der Waals surface area (Å²) in [5, 5.41) is 7.57. The molecule has 0 saturated heterocycles. The number of halogens is 1. The van der Waals surface area contributed by atoms with Crippen LogP contribution in [0.5, 0.6) is 0 Å². The van der Waals surface area contributed by atoms with Gasteiger partial charge in [0, 0.05) is 6.61 Å². The second kappa shape index (κ2) is 8.83. The van der Waals surface area contributed by atoms with Gasteiger partial charge in [0.15, 0.2) is 0 Å². The molecular weight excluding hydrogens is 247 g/mol. The van der Waals surface area contributed by atoms with Gasteiger partial charge in [-0.3, -0.25) is 0 Å². The third-order valence-corrected chi connectivity index (χ3v) is 0.